The van der Waals surface area contributed by atoms with Crippen molar-refractivity contribution < 1.29 is 5.11 Å². The molecule has 2 rings (SSSR count). The van der Waals surface area contributed by atoms with Crippen molar-refractivity contribution in [2.24, 2.45) is 0 Å². The summed E-state index contributed by atoms with van der Waals surface area (Å²) in [5.41, 5.74) is 3.22. The van der Waals surface area contributed by atoms with Crippen molar-refractivity contribution in [3.8, 4) is 0 Å². The molecule has 0 saturated heterocycles. The Bertz CT molecular complexity index is 490. The Balaban J connectivity index is 2.39. The van der Waals surface area contributed by atoms with E-state index >= 15 is 0 Å². The molecule has 0 aromatic heterocycles. The second kappa shape index (κ2) is 5.83. The highest BCUT2D eigenvalue weighted by Crippen LogP contribution is 2.30. The maximum Gasteiger partial charge on any atom is 0.104 e. The molecule has 18 heavy (non-hydrogen) atoms. The quantitative estimate of drug-likeness (QED) is 0.845. The Morgan fingerprint density at radius 3 is 2.06 bits per heavy atom. The van der Waals surface area contributed by atoms with Crippen molar-refractivity contribution >= 4 is 0 Å². The Labute approximate surface area is 109 Å². The van der Waals surface area contributed by atoms with Crippen molar-refractivity contribution in [2.75, 3.05) is 0 Å². The van der Waals surface area contributed by atoms with Gasteiger partial charge in [-0.1, -0.05) is 68.4 Å². The highest BCUT2D eigenvalue weighted by Gasteiger charge is 2.16. The van der Waals surface area contributed by atoms with Crippen molar-refractivity contribution in [2.45, 2.75) is 32.3 Å². The van der Waals surface area contributed by atoms with Crippen LogP contribution in [0, 0.1) is 0 Å². The van der Waals surface area contributed by atoms with Gasteiger partial charge in [0.05, 0.1) is 0 Å². The third-order valence-corrected chi connectivity index (χ3v) is 3.55. The van der Waals surface area contributed by atoms with E-state index in [0.29, 0.717) is 5.92 Å². The average molecular weight is 240 g/mol. The van der Waals surface area contributed by atoms with E-state index in [9.17, 15) is 5.11 Å². The predicted octanol–water partition coefficient (Wildman–Crippen LogP) is 4.28. The summed E-state index contributed by atoms with van der Waals surface area (Å²) >= 11 is 0. The van der Waals surface area contributed by atoms with Crippen LogP contribution in [0.15, 0.2) is 54.6 Å². The van der Waals surface area contributed by atoms with Gasteiger partial charge in [-0.3, -0.25) is 0 Å². The van der Waals surface area contributed by atoms with Gasteiger partial charge >= 0.3 is 0 Å². The Morgan fingerprint density at radius 2 is 1.44 bits per heavy atom. The summed E-state index contributed by atoms with van der Waals surface area (Å²) in [5, 5.41) is 10.5. The van der Waals surface area contributed by atoms with Crippen LogP contribution in [0.1, 0.15) is 49.0 Å². The first-order valence-electron chi connectivity index (χ1n) is 6.55. The van der Waals surface area contributed by atoms with Gasteiger partial charge in [0.1, 0.15) is 6.10 Å². The highest BCUT2D eigenvalue weighted by molar-refractivity contribution is 5.37. The van der Waals surface area contributed by atoms with Crippen LogP contribution in [0.25, 0.3) is 0 Å². The fourth-order valence-electron chi connectivity index (χ4n) is 2.24. The Morgan fingerprint density at radius 1 is 0.889 bits per heavy atom. The maximum absolute atomic E-state index is 10.5. The van der Waals surface area contributed by atoms with Crippen LogP contribution >= 0.6 is 0 Å². The molecule has 2 aromatic rings. The molecule has 0 fully saturated rings. The third-order valence-electron chi connectivity index (χ3n) is 3.55. The standard InChI is InChI=1S/C17H20O/c1-3-13(2)15-11-7-8-12-16(15)17(18)14-9-5-4-6-10-14/h4-13,17-18H,3H2,1-2H3/t13-,17+/m1/s1. The number of benzene rings is 2. The van der Waals surface area contributed by atoms with Gasteiger partial charge in [0.2, 0.25) is 0 Å². The molecule has 0 radical (unpaired) electrons. The van der Waals surface area contributed by atoms with Gasteiger partial charge in [0.15, 0.2) is 0 Å². The van der Waals surface area contributed by atoms with E-state index in [-0.39, 0.29) is 0 Å². The highest BCUT2D eigenvalue weighted by atomic mass is 16.3. The number of hydrogen-bond acceptors (Lipinski definition) is 1. The van der Waals surface area contributed by atoms with Crippen molar-refractivity contribution in [1.29, 1.82) is 0 Å². The Kier molecular flexibility index (Phi) is 4.16. The van der Waals surface area contributed by atoms with E-state index in [2.05, 4.69) is 19.9 Å². The summed E-state index contributed by atoms with van der Waals surface area (Å²) in [7, 11) is 0. The Hall–Kier alpha value is -1.60. The van der Waals surface area contributed by atoms with E-state index in [1.807, 2.05) is 48.5 Å². The van der Waals surface area contributed by atoms with Gasteiger partial charge in [-0.2, -0.15) is 0 Å². The van der Waals surface area contributed by atoms with Gasteiger partial charge in [0, 0.05) is 0 Å². The molecule has 0 spiro atoms. The molecule has 1 nitrogen and oxygen atoms in total. The summed E-state index contributed by atoms with van der Waals surface area (Å²) in [4.78, 5) is 0. The monoisotopic (exact) mass is 240 g/mol. The van der Waals surface area contributed by atoms with Gasteiger partial charge in [0.25, 0.3) is 0 Å². The lowest BCUT2D eigenvalue weighted by Crippen LogP contribution is -2.05. The van der Waals surface area contributed by atoms with E-state index in [4.69, 9.17) is 0 Å². The minimum Gasteiger partial charge on any atom is -0.384 e. The summed E-state index contributed by atoms with van der Waals surface area (Å²) in [6, 6.07) is 18.0. The minimum absolute atomic E-state index is 0.472. The first kappa shape index (κ1) is 12.8. The first-order chi connectivity index (χ1) is 8.74. The normalized spacial score (nSPS) is 14.2. The average Bonchev–Trinajstić information content (AvgIpc) is 2.46. The van der Waals surface area contributed by atoms with Gasteiger partial charge in [-0.25, -0.2) is 0 Å². The molecule has 1 N–H and O–H groups in total. The maximum atomic E-state index is 10.5. The second-order valence-electron chi connectivity index (χ2n) is 4.75. The molecule has 94 valence electrons. The summed E-state index contributed by atoms with van der Waals surface area (Å²) < 4.78 is 0. The molecule has 0 bridgehead atoms. The molecule has 0 aliphatic heterocycles. The smallest absolute Gasteiger partial charge is 0.104 e. The van der Waals surface area contributed by atoms with Crippen LogP contribution in [-0.2, 0) is 0 Å². The zero-order valence-electron chi connectivity index (χ0n) is 11.0. The van der Waals surface area contributed by atoms with E-state index < -0.39 is 6.10 Å². The number of hydrogen-bond donors (Lipinski definition) is 1. The molecule has 0 amide bonds. The van der Waals surface area contributed by atoms with E-state index in [0.717, 1.165) is 17.5 Å². The molecule has 0 aliphatic rings. The zero-order chi connectivity index (χ0) is 13.0. The van der Waals surface area contributed by atoms with Crippen LogP contribution in [0.3, 0.4) is 0 Å². The summed E-state index contributed by atoms with van der Waals surface area (Å²) in [6.07, 6.45) is 0.551. The lowest BCUT2D eigenvalue weighted by molar-refractivity contribution is 0.218. The SMILES string of the molecule is CC[C@@H](C)c1ccccc1[C@@H](O)c1ccccc1. The third kappa shape index (κ3) is 2.62. The molecule has 0 saturated carbocycles. The number of rotatable bonds is 4. The predicted molar refractivity (Wildman–Crippen MR) is 75.7 cm³/mol. The van der Waals surface area contributed by atoms with Crippen LogP contribution in [0.5, 0.6) is 0 Å². The molecule has 2 atom stereocenters. The summed E-state index contributed by atoms with van der Waals surface area (Å²) in [5.74, 6) is 0.472. The van der Waals surface area contributed by atoms with Crippen LogP contribution in [0.4, 0.5) is 0 Å². The molecule has 0 heterocycles. The zero-order valence-corrected chi connectivity index (χ0v) is 11.0. The van der Waals surface area contributed by atoms with Gasteiger partial charge < -0.3 is 5.11 Å². The number of aliphatic hydroxyl groups is 1. The molecule has 0 aliphatic carbocycles. The fourth-order valence-corrected chi connectivity index (χ4v) is 2.24. The second-order valence-corrected chi connectivity index (χ2v) is 4.75. The van der Waals surface area contributed by atoms with Crippen LogP contribution < -0.4 is 0 Å². The molecule has 0 unspecified atom stereocenters. The molecule has 1 heteroatoms. The van der Waals surface area contributed by atoms with E-state index in [1.165, 1.54) is 5.56 Å². The molecular weight excluding hydrogens is 220 g/mol. The largest absolute Gasteiger partial charge is 0.384 e. The van der Waals surface area contributed by atoms with Crippen molar-refractivity contribution in [3.63, 3.8) is 0 Å². The van der Waals surface area contributed by atoms with Gasteiger partial charge in [-0.15, -0.1) is 0 Å². The van der Waals surface area contributed by atoms with Crippen LogP contribution in [0.2, 0.25) is 0 Å². The minimum atomic E-state index is -0.531. The molecular formula is C17H20O. The molecule has 2 aromatic carbocycles. The van der Waals surface area contributed by atoms with Gasteiger partial charge in [-0.05, 0) is 29.0 Å². The van der Waals surface area contributed by atoms with Crippen molar-refractivity contribution in [1.82, 2.24) is 0 Å². The van der Waals surface area contributed by atoms with Crippen LogP contribution in [-0.4, -0.2) is 5.11 Å². The number of aliphatic hydroxyl groups excluding tert-OH is 1. The fraction of sp³-hybridized carbons (Fsp3) is 0.294. The van der Waals surface area contributed by atoms with E-state index in [1.54, 1.807) is 0 Å². The summed E-state index contributed by atoms with van der Waals surface area (Å²) in [6.45, 7) is 4.38. The lowest BCUT2D eigenvalue weighted by atomic mass is 9.89. The lowest BCUT2D eigenvalue weighted by Gasteiger charge is -2.19. The first-order valence-corrected chi connectivity index (χ1v) is 6.55. The van der Waals surface area contributed by atoms with Crippen molar-refractivity contribution in [3.05, 3.63) is 71.3 Å². The topological polar surface area (TPSA) is 20.2 Å².